The number of amides is 3. The number of carbonyl (C=O) groups excluding carboxylic acids is 3. The van der Waals surface area contributed by atoms with Gasteiger partial charge in [0.25, 0.3) is 5.91 Å². The number of aromatic amines is 1. The van der Waals surface area contributed by atoms with E-state index in [1.807, 2.05) is 38.1 Å². The summed E-state index contributed by atoms with van der Waals surface area (Å²) in [7, 11) is 1.27. The Morgan fingerprint density at radius 2 is 1.97 bits per heavy atom. The summed E-state index contributed by atoms with van der Waals surface area (Å²) in [6.07, 6.45) is 4.19. The second kappa shape index (κ2) is 9.95. The summed E-state index contributed by atoms with van der Waals surface area (Å²) < 4.78 is 6.16. The van der Waals surface area contributed by atoms with Crippen LogP contribution in [0.1, 0.15) is 49.0 Å². The van der Waals surface area contributed by atoms with Crippen molar-refractivity contribution in [1.82, 2.24) is 35.2 Å². The van der Waals surface area contributed by atoms with Gasteiger partial charge in [-0.25, -0.2) is 14.5 Å². The van der Waals surface area contributed by atoms with Crippen LogP contribution >= 0.6 is 0 Å². The van der Waals surface area contributed by atoms with E-state index in [0.29, 0.717) is 12.4 Å². The van der Waals surface area contributed by atoms with Crippen molar-refractivity contribution in [1.29, 1.82) is 0 Å². The molecule has 12 heteroatoms. The van der Waals surface area contributed by atoms with Crippen LogP contribution in [0.15, 0.2) is 36.7 Å². The number of nitrogens with zero attached hydrogens (tertiary/aromatic N) is 5. The van der Waals surface area contributed by atoms with Crippen LogP contribution in [0.4, 0.5) is 4.79 Å². The van der Waals surface area contributed by atoms with Crippen molar-refractivity contribution >= 4 is 17.9 Å². The smallest absolute Gasteiger partial charge is 0.407 e. The molecule has 1 aliphatic heterocycles. The SMILES string of the molecule is COC(=O)N[C@H](C(=O)N1CCCC1c1ncc(-c2ccc(-n3cc(C(N)=O)nn3)cc2)[nH]1)C(C)C. The van der Waals surface area contributed by atoms with Gasteiger partial charge in [0.15, 0.2) is 5.69 Å². The molecule has 4 N–H and O–H groups in total. The standard InChI is InChI=1S/C23H28N8O4/c1-13(2)19(27-23(34)35-3)22(33)30-10-4-5-18(30)21-25-11-16(26-21)14-6-8-15(9-7-14)31-12-17(20(24)32)28-29-31/h6-9,11-13,18-19H,4-5,10H2,1-3H3,(H2,24,32)(H,25,26)(H,27,34)/t18?,19-/m0/s1. The van der Waals surface area contributed by atoms with Crippen LogP contribution in [0.2, 0.25) is 0 Å². The molecule has 0 bridgehead atoms. The molecule has 1 unspecified atom stereocenters. The number of alkyl carbamates (subject to hydrolysis) is 1. The van der Waals surface area contributed by atoms with Crippen molar-refractivity contribution in [2.24, 2.45) is 11.7 Å². The average Bonchev–Trinajstić information content (AvgIpc) is 3.61. The molecule has 0 radical (unpaired) electrons. The maximum Gasteiger partial charge on any atom is 0.407 e. The van der Waals surface area contributed by atoms with Crippen LogP contribution in [0.3, 0.4) is 0 Å². The van der Waals surface area contributed by atoms with Gasteiger partial charge in [0, 0.05) is 6.54 Å². The molecule has 2 atom stereocenters. The van der Waals surface area contributed by atoms with Crippen molar-refractivity contribution in [3.63, 3.8) is 0 Å². The van der Waals surface area contributed by atoms with Crippen molar-refractivity contribution in [2.75, 3.05) is 13.7 Å². The van der Waals surface area contributed by atoms with Gasteiger partial charge in [-0.3, -0.25) is 9.59 Å². The van der Waals surface area contributed by atoms with Crippen LogP contribution in [-0.4, -0.2) is 67.5 Å². The number of nitrogens with two attached hydrogens (primary N) is 1. The maximum absolute atomic E-state index is 13.3. The van der Waals surface area contributed by atoms with Gasteiger partial charge in [0.05, 0.1) is 36.9 Å². The number of nitrogens with one attached hydrogen (secondary N) is 2. The minimum atomic E-state index is -0.683. The third-order valence-electron chi connectivity index (χ3n) is 6.03. The van der Waals surface area contributed by atoms with E-state index in [9.17, 15) is 14.4 Å². The number of hydrogen-bond acceptors (Lipinski definition) is 7. The Labute approximate surface area is 201 Å². The Bertz CT molecular complexity index is 1220. The van der Waals surface area contributed by atoms with Gasteiger partial charge >= 0.3 is 6.09 Å². The quantitative estimate of drug-likeness (QED) is 0.464. The molecule has 3 amide bonds. The summed E-state index contributed by atoms with van der Waals surface area (Å²) in [6, 6.07) is 6.57. The Kier molecular flexibility index (Phi) is 6.80. The Morgan fingerprint density at radius 1 is 1.23 bits per heavy atom. The molecule has 0 spiro atoms. The molecule has 0 saturated carbocycles. The Hall–Kier alpha value is -4.22. The average molecular weight is 481 g/mol. The number of likely N-dealkylation sites (tertiary alicyclic amines) is 1. The first-order valence-electron chi connectivity index (χ1n) is 11.3. The zero-order valence-electron chi connectivity index (χ0n) is 19.8. The number of H-pyrrole nitrogens is 1. The summed E-state index contributed by atoms with van der Waals surface area (Å²) in [5.41, 5.74) is 7.74. The molecule has 2 aromatic heterocycles. The second-order valence-corrected chi connectivity index (χ2v) is 8.69. The van der Waals surface area contributed by atoms with Crippen LogP contribution in [0, 0.1) is 5.92 Å². The third-order valence-corrected chi connectivity index (χ3v) is 6.03. The number of hydrogen-bond donors (Lipinski definition) is 3. The van der Waals surface area contributed by atoms with Crippen molar-refractivity contribution in [3.8, 4) is 16.9 Å². The van der Waals surface area contributed by atoms with Gasteiger partial charge in [-0.15, -0.1) is 5.10 Å². The molecule has 3 heterocycles. The van der Waals surface area contributed by atoms with Gasteiger partial charge in [-0.05, 0) is 36.5 Å². The number of benzene rings is 1. The highest BCUT2D eigenvalue weighted by molar-refractivity contribution is 5.90. The van der Waals surface area contributed by atoms with Gasteiger partial charge < -0.3 is 25.7 Å². The maximum atomic E-state index is 13.3. The normalized spacial score (nSPS) is 16.3. The lowest BCUT2D eigenvalue weighted by Gasteiger charge is -2.30. The number of methoxy groups -OCH3 is 1. The minimum Gasteiger partial charge on any atom is -0.453 e. The molecule has 3 aromatic rings. The summed E-state index contributed by atoms with van der Waals surface area (Å²) in [5.74, 6) is -0.202. The first kappa shape index (κ1) is 23.9. The molecule has 35 heavy (non-hydrogen) atoms. The largest absolute Gasteiger partial charge is 0.453 e. The van der Waals surface area contributed by atoms with Gasteiger partial charge in [-0.1, -0.05) is 31.2 Å². The lowest BCUT2D eigenvalue weighted by atomic mass is 10.0. The minimum absolute atomic E-state index is 0.0874. The summed E-state index contributed by atoms with van der Waals surface area (Å²) >= 11 is 0. The van der Waals surface area contributed by atoms with Crippen molar-refractivity contribution in [3.05, 3.63) is 48.2 Å². The second-order valence-electron chi connectivity index (χ2n) is 8.69. The monoisotopic (exact) mass is 480 g/mol. The zero-order chi connectivity index (χ0) is 25.1. The Balaban J connectivity index is 1.50. The molecule has 1 fully saturated rings. The van der Waals surface area contributed by atoms with E-state index in [1.54, 1.807) is 11.1 Å². The summed E-state index contributed by atoms with van der Waals surface area (Å²) in [6.45, 7) is 4.35. The van der Waals surface area contributed by atoms with Crippen molar-refractivity contribution in [2.45, 2.75) is 38.8 Å². The number of aromatic nitrogens is 5. The van der Waals surface area contributed by atoms with E-state index >= 15 is 0 Å². The summed E-state index contributed by atoms with van der Waals surface area (Å²) in [4.78, 5) is 45.9. The van der Waals surface area contributed by atoms with Gasteiger partial charge in [0.2, 0.25) is 5.91 Å². The Morgan fingerprint density at radius 3 is 2.60 bits per heavy atom. The van der Waals surface area contributed by atoms with Crippen LogP contribution < -0.4 is 11.1 Å². The predicted molar refractivity (Wildman–Crippen MR) is 125 cm³/mol. The topological polar surface area (TPSA) is 161 Å². The number of rotatable bonds is 7. The molecule has 4 rings (SSSR count). The zero-order valence-corrected chi connectivity index (χ0v) is 19.8. The van der Waals surface area contributed by atoms with E-state index in [2.05, 4.69) is 30.3 Å². The summed E-state index contributed by atoms with van der Waals surface area (Å²) in [5, 5.41) is 10.3. The molecule has 184 valence electrons. The van der Waals surface area contributed by atoms with Gasteiger partial charge in [0.1, 0.15) is 11.9 Å². The molecular weight excluding hydrogens is 452 g/mol. The molecule has 0 aliphatic carbocycles. The number of carbonyl (C=O) groups is 3. The first-order valence-corrected chi connectivity index (χ1v) is 11.3. The third kappa shape index (κ3) is 5.00. The fraction of sp³-hybridized carbons (Fsp3) is 0.391. The van der Waals surface area contributed by atoms with E-state index in [-0.39, 0.29) is 23.6 Å². The van der Waals surface area contributed by atoms with Crippen LogP contribution in [0.25, 0.3) is 16.9 Å². The fourth-order valence-corrected chi connectivity index (χ4v) is 4.14. The lowest BCUT2D eigenvalue weighted by Crippen LogP contribution is -2.51. The highest BCUT2D eigenvalue weighted by Crippen LogP contribution is 2.32. The molecular formula is C23H28N8O4. The lowest BCUT2D eigenvalue weighted by molar-refractivity contribution is -0.135. The van der Waals surface area contributed by atoms with E-state index in [1.165, 1.54) is 18.0 Å². The molecule has 12 nitrogen and oxygen atoms in total. The van der Waals surface area contributed by atoms with E-state index < -0.39 is 18.0 Å². The van der Waals surface area contributed by atoms with Gasteiger partial charge in [-0.2, -0.15) is 0 Å². The van der Waals surface area contributed by atoms with E-state index in [4.69, 9.17) is 5.73 Å². The number of imidazole rings is 1. The highest BCUT2D eigenvalue weighted by atomic mass is 16.5. The van der Waals surface area contributed by atoms with E-state index in [0.717, 1.165) is 29.8 Å². The molecule has 1 aromatic carbocycles. The number of primary amides is 1. The molecule has 1 saturated heterocycles. The fourth-order valence-electron chi connectivity index (χ4n) is 4.14. The van der Waals surface area contributed by atoms with Crippen LogP contribution in [0.5, 0.6) is 0 Å². The highest BCUT2D eigenvalue weighted by Gasteiger charge is 2.37. The van der Waals surface area contributed by atoms with Crippen LogP contribution in [-0.2, 0) is 9.53 Å². The predicted octanol–water partition coefficient (Wildman–Crippen LogP) is 1.80. The number of ether oxygens (including phenoxy) is 1. The first-order chi connectivity index (χ1) is 16.8. The molecule has 1 aliphatic rings. The van der Waals surface area contributed by atoms with Crippen molar-refractivity contribution < 1.29 is 19.1 Å².